The zero-order chi connectivity index (χ0) is 14.1. The van der Waals surface area contributed by atoms with Crippen LogP contribution in [-0.2, 0) is 16.1 Å². The van der Waals surface area contributed by atoms with Gasteiger partial charge in [0.15, 0.2) is 0 Å². The van der Waals surface area contributed by atoms with E-state index >= 15 is 0 Å². The molecule has 1 aromatic carbocycles. The largest absolute Gasteiger partial charge is 0.321 e. The van der Waals surface area contributed by atoms with Crippen LogP contribution in [0.2, 0.25) is 0 Å². The van der Waals surface area contributed by atoms with Crippen LogP contribution in [-0.4, -0.2) is 16.7 Å². The van der Waals surface area contributed by atoms with E-state index in [1.807, 2.05) is 36.4 Å². The number of allylic oxidation sites excluding steroid dienone is 2. The Bertz CT molecular complexity index is 629. The van der Waals surface area contributed by atoms with Crippen molar-refractivity contribution in [1.82, 2.24) is 10.2 Å². The second kappa shape index (κ2) is 4.96. The van der Waals surface area contributed by atoms with Gasteiger partial charge in [0.25, 0.3) is 5.91 Å². The molecule has 20 heavy (non-hydrogen) atoms. The molecule has 0 aromatic heterocycles. The summed E-state index contributed by atoms with van der Waals surface area (Å²) in [7, 11) is 0. The van der Waals surface area contributed by atoms with Gasteiger partial charge in [0.2, 0.25) is 5.91 Å². The van der Waals surface area contributed by atoms with E-state index in [2.05, 4.69) is 5.32 Å². The first kappa shape index (κ1) is 12.7. The van der Waals surface area contributed by atoms with E-state index in [1.54, 1.807) is 11.8 Å². The van der Waals surface area contributed by atoms with E-state index < -0.39 is 0 Å². The minimum atomic E-state index is -0.0773. The Morgan fingerprint density at radius 3 is 2.55 bits per heavy atom. The van der Waals surface area contributed by atoms with E-state index in [0.717, 1.165) is 17.0 Å². The van der Waals surface area contributed by atoms with Gasteiger partial charge >= 0.3 is 0 Å². The fourth-order valence-corrected chi connectivity index (χ4v) is 2.57. The molecule has 0 bridgehead atoms. The topological polar surface area (TPSA) is 49.4 Å². The van der Waals surface area contributed by atoms with Crippen LogP contribution < -0.4 is 5.32 Å². The second-order valence-corrected chi connectivity index (χ2v) is 5.11. The van der Waals surface area contributed by atoms with Crippen molar-refractivity contribution in [2.45, 2.75) is 26.3 Å². The molecular formula is C16H16N2O2. The first-order valence-corrected chi connectivity index (χ1v) is 6.72. The van der Waals surface area contributed by atoms with Gasteiger partial charge in [-0.05, 0) is 25.0 Å². The second-order valence-electron chi connectivity index (χ2n) is 5.11. The molecule has 1 aromatic rings. The molecule has 1 fully saturated rings. The molecule has 2 amide bonds. The van der Waals surface area contributed by atoms with Crippen molar-refractivity contribution in [2.24, 2.45) is 0 Å². The summed E-state index contributed by atoms with van der Waals surface area (Å²) in [4.78, 5) is 25.4. The number of hydrogen-bond donors (Lipinski definition) is 1. The van der Waals surface area contributed by atoms with Gasteiger partial charge in [0, 0.05) is 17.7 Å². The number of likely N-dealkylation sites (tertiary alicyclic amines) is 1. The first-order valence-electron chi connectivity index (χ1n) is 6.72. The number of nitrogens with zero attached hydrogens (tertiary/aromatic N) is 1. The van der Waals surface area contributed by atoms with E-state index in [9.17, 15) is 9.59 Å². The number of rotatable bonds is 2. The Hall–Kier alpha value is -2.36. The maximum absolute atomic E-state index is 12.1. The lowest BCUT2D eigenvalue weighted by molar-refractivity contribution is -0.127. The highest BCUT2D eigenvalue weighted by Gasteiger charge is 2.30. The monoisotopic (exact) mass is 268 g/mol. The molecule has 0 aliphatic carbocycles. The number of carbonyl (C=O) groups is 2. The molecule has 1 saturated heterocycles. The van der Waals surface area contributed by atoms with Crippen molar-refractivity contribution in [2.75, 3.05) is 0 Å². The van der Waals surface area contributed by atoms with Gasteiger partial charge < -0.3 is 10.2 Å². The molecule has 0 radical (unpaired) electrons. The third kappa shape index (κ3) is 2.25. The van der Waals surface area contributed by atoms with Gasteiger partial charge in [0.1, 0.15) is 0 Å². The molecule has 0 saturated carbocycles. The summed E-state index contributed by atoms with van der Waals surface area (Å²) in [5.74, 6) is 0.0371. The van der Waals surface area contributed by atoms with Crippen molar-refractivity contribution in [3.05, 3.63) is 58.9 Å². The minimum Gasteiger partial charge on any atom is -0.321 e. The van der Waals surface area contributed by atoms with Crippen LogP contribution >= 0.6 is 0 Å². The summed E-state index contributed by atoms with van der Waals surface area (Å²) in [6, 6.07) is 9.89. The minimum absolute atomic E-state index is 0.0773. The number of benzene rings is 1. The van der Waals surface area contributed by atoms with Crippen molar-refractivity contribution >= 4 is 11.8 Å². The summed E-state index contributed by atoms with van der Waals surface area (Å²) in [6.07, 6.45) is 3.02. The lowest BCUT2D eigenvalue weighted by Gasteiger charge is -2.19. The van der Waals surface area contributed by atoms with Crippen molar-refractivity contribution in [3.8, 4) is 0 Å². The Morgan fingerprint density at radius 1 is 1.15 bits per heavy atom. The van der Waals surface area contributed by atoms with Crippen LogP contribution in [0.3, 0.4) is 0 Å². The lowest BCUT2D eigenvalue weighted by Crippen LogP contribution is -2.26. The lowest BCUT2D eigenvalue weighted by atomic mass is 10.2. The molecule has 1 N–H and O–H groups in total. The molecule has 4 nitrogen and oxygen atoms in total. The third-order valence-corrected chi connectivity index (χ3v) is 3.66. The highest BCUT2D eigenvalue weighted by molar-refractivity contribution is 5.98. The maximum Gasteiger partial charge on any atom is 0.251 e. The summed E-state index contributed by atoms with van der Waals surface area (Å²) < 4.78 is 0. The van der Waals surface area contributed by atoms with Gasteiger partial charge in [-0.1, -0.05) is 30.3 Å². The highest BCUT2D eigenvalue weighted by Crippen LogP contribution is 2.29. The smallest absolute Gasteiger partial charge is 0.251 e. The number of nitrogens with one attached hydrogen (secondary N) is 1. The van der Waals surface area contributed by atoms with E-state index in [-0.39, 0.29) is 11.8 Å². The molecular weight excluding hydrogens is 252 g/mol. The average molecular weight is 268 g/mol. The van der Waals surface area contributed by atoms with Crippen LogP contribution in [0.5, 0.6) is 0 Å². The highest BCUT2D eigenvalue weighted by atomic mass is 16.2. The summed E-state index contributed by atoms with van der Waals surface area (Å²) in [6.45, 7) is 2.34. The van der Waals surface area contributed by atoms with Crippen molar-refractivity contribution < 1.29 is 9.59 Å². The van der Waals surface area contributed by atoms with Crippen LogP contribution in [0, 0.1) is 0 Å². The van der Waals surface area contributed by atoms with Gasteiger partial charge in [0.05, 0.1) is 12.2 Å². The Balaban J connectivity index is 1.90. The number of amides is 2. The van der Waals surface area contributed by atoms with Crippen LogP contribution in [0.1, 0.15) is 25.3 Å². The van der Waals surface area contributed by atoms with E-state index in [4.69, 9.17) is 0 Å². The zero-order valence-corrected chi connectivity index (χ0v) is 11.3. The quantitative estimate of drug-likeness (QED) is 0.893. The van der Waals surface area contributed by atoms with Gasteiger partial charge in [-0.3, -0.25) is 9.59 Å². The van der Waals surface area contributed by atoms with Crippen LogP contribution in [0.15, 0.2) is 53.4 Å². The standard InChI is InChI=1S/C16H16N2O2/c1-11-9-13(17-16(11)20)14-7-8-15(19)18(14)10-12-5-3-2-4-6-12/h2-6,9H,7-8,10H2,1H3,(H,17,20)/b14-13+. The molecule has 4 heteroatoms. The van der Waals surface area contributed by atoms with Crippen molar-refractivity contribution in [1.29, 1.82) is 0 Å². The molecule has 0 spiro atoms. The van der Waals surface area contributed by atoms with Crippen molar-refractivity contribution in [3.63, 3.8) is 0 Å². The average Bonchev–Trinajstić information content (AvgIpc) is 2.96. The molecule has 0 atom stereocenters. The number of carbonyl (C=O) groups excluding carboxylic acids is 2. The Kier molecular flexibility index (Phi) is 3.14. The summed E-state index contributed by atoms with van der Waals surface area (Å²) >= 11 is 0. The molecule has 0 unspecified atom stereocenters. The van der Waals surface area contributed by atoms with Gasteiger partial charge in [-0.15, -0.1) is 0 Å². The molecule has 2 aliphatic heterocycles. The summed E-state index contributed by atoms with van der Waals surface area (Å²) in [5.41, 5.74) is 3.47. The number of hydrogen-bond acceptors (Lipinski definition) is 2. The van der Waals surface area contributed by atoms with E-state index in [1.165, 1.54) is 0 Å². The first-order chi connectivity index (χ1) is 9.65. The van der Waals surface area contributed by atoms with E-state index in [0.29, 0.717) is 25.0 Å². The van der Waals surface area contributed by atoms with Gasteiger partial charge in [-0.2, -0.15) is 0 Å². The molecule has 2 aliphatic rings. The molecule has 3 rings (SSSR count). The molecule has 102 valence electrons. The van der Waals surface area contributed by atoms with Gasteiger partial charge in [-0.25, -0.2) is 0 Å². The Morgan fingerprint density at radius 2 is 1.90 bits per heavy atom. The maximum atomic E-state index is 12.1. The van der Waals surface area contributed by atoms with Crippen LogP contribution in [0.4, 0.5) is 0 Å². The third-order valence-electron chi connectivity index (χ3n) is 3.66. The normalized spacial score (nSPS) is 22.2. The predicted molar refractivity (Wildman–Crippen MR) is 75.2 cm³/mol. The summed E-state index contributed by atoms with van der Waals surface area (Å²) in [5, 5.41) is 2.84. The fraction of sp³-hybridized carbons (Fsp3) is 0.250. The Labute approximate surface area is 117 Å². The van der Waals surface area contributed by atoms with Crippen LogP contribution in [0.25, 0.3) is 0 Å². The predicted octanol–water partition coefficient (Wildman–Crippen LogP) is 2.10. The fourth-order valence-electron chi connectivity index (χ4n) is 2.57. The molecule has 2 heterocycles. The SMILES string of the molecule is CC1=C/C(=C2/CCC(=O)N2Cc2ccccc2)NC1=O. The zero-order valence-electron chi connectivity index (χ0n) is 11.3.